The molecule has 0 aromatic carbocycles. The molecule has 0 unspecified atom stereocenters. The third-order valence-electron chi connectivity index (χ3n) is 3.88. The fourth-order valence-corrected chi connectivity index (χ4v) is 2.64. The summed E-state index contributed by atoms with van der Waals surface area (Å²) < 4.78 is 0. The van der Waals surface area contributed by atoms with E-state index in [1.54, 1.807) is 0 Å². The van der Waals surface area contributed by atoms with E-state index in [4.69, 9.17) is 0 Å². The van der Waals surface area contributed by atoms with E-state index in [0.717, 1.165) is 25.5 Å². The van der Waals surface area contributed by atoms with Crippen LogP contribution >= 0.6 is 0 Å². The number of nitrogens with one attached hydrogen (secondary N) is 1. The minimum Gasteiger partial charge on any atom is -0.481 e. The first-order valence-corrected chi connectivity index (χ1v) is 6.61. The van der Waals surface area contributed by atoms with E-state index >= 15 is 0 Å². The summed E-state index contributed by atoms with van der Waals surface area (Å²) >= 11 is 0. The summed E-state index contributed by atoms with van der Waals surface area (Å²) in [6.45, 7) is 0.202. The van der Waals surface area contributed by atoms with Crippen molar-refractivity contribution in [1.82, 2.24) is 4.98 Å². The molecule has 0 aliphatic heterocycles. The van der Waals surface area contributed by atoms with Crippen LogP contribution in [-0.2, 0) is 4.79 Å². The molecule has 0 spiro atoms. The first kappa shape index (κ1) is 14.2. The zero-order valence-corrected chi connectivity index (χ0v) is 11.0. The van der Waals surface area contributed by atoms with Crippen molar-refractivity contribution in [1.29, 1.82) is 0 Å². The molecule has 1 aliphatic carbocycles. The lowest BCUT2D eigenvalue weighted by Gasteiger charge is -2.33. The quantitative estimate of drug-likeness (QED) is 0.633. The molecule has 1 saturated carbocycles. The zero-order valence-electron chi connectivity index (χ0n) is 11.0. The number of nitrogens with zero attached hydrogens (tertiary/aromatic N) is 2. The van der Waals surface area contributed by atoms with Crippen molar-refractivity contribution in [2.75, 3.05) is 11.9 Å². The summed E-state index contributed by atoms with van der Waals surface area (Å²) in [6.07, 6.45) is 6.63. The molecule has 20 heavy (non-hydrogen) atoms. The van der Waals surface area contributed by atoms with Crippen LogP contribution in [0.2, 0.25) is 0 Å². The SMILES string of the molecule is O=C(O)C1(CNc2ccncc2[N+](=O)[O-])CCCCC1. The Bertz CT molecular complexity index is 512. The largest absolute Gasteiger partial charge is 0.481 e. The second-order valence-corrected chi connectivity index (χ2v) is 5.15. The molecule has 1 heterocycles. The Morgan fingerprint density at radius 3 is 2.75 bits per heavy atom. The highest BCUT2D eigenvalue weighted by atomic mass is 16.6. The number of aliphatic carboxylic acids is 1. The fraction of sp³-hybridized carbons (Fsp3) is 0.538. The van der Waals surface area contributed by atoms with Crippen LogP contribution in [0.1, 0.15) is 32.1 Å². The second-order valence-electron chi connectivity index (χ2n) is 5.15. The average Bonchev–Trinajstić information content (AvgIpc) is 2.46. The number of pyridine rings is 1. The van der Waals surface area contributed by atoms with Crippen molar-refractivity contribution in [3.05, 3.63) is 28.6 Å². The van der Waals surface area contributed by atoms with Crippen molar-refractivity contribution in [3.8, 4) is 0 Å². The maximum Gasteiger partial charge on any atom is 0.311 e. The van der Waals surface area contributed by atoms with Crippen LogP contribution in [0.4, 0.5) is 11.4 Å². The number of anilines is 1. The van der Waals surface area contributed by atoms with Crippen LogP contribution < -0.4 is 5.32 Å². The Labute approximate surface area is 116 Å². The molecule has 1 aromatic heterocycles. The molecule has 0 atom stereocenters. The molecule has 108 valence electrons. The zero-order chi connectivity index (χ0) is 14.6. The van der Waals surface area contributed by atoms with Gasteiger partial charge in [0.1, 0.15) is 11.9 Å². The van der Waals surface area contributed by atoms with Gasteiger partial charge in [-0.05, 0) is 18.9 Å². The molecule has 2 N–H and O–H groups in total. The topological polar surface area (TPSA) is 105 Å². The summed E-state index contributed by atoms with van der Waals surface area (Å²) in [5.41, 5.74) is -0.643. The lowest BCUT2D eigenvalue weighted by Crippen LogP contribution is -2.39. The molecule has 0 amide bonds. The summed E-state index contributed by atoms with van der Waals surface area (Å²) in [5, 5.41) is 23.3. The van der Waals surface area contributed by atoms with Crippen molar-refractivity contribution in [2.24, 2.45) is 5.41 Å². The number of carboxylic acid groups (broad SMARTS) is 1. The van der Waals surface area contributed by atoms with Gasteiger partial charge in [-0.3, -0.25) is 19.9 Å². The van der Waals surface area contributed by atoms with E-state index < -0.39 is 16.3 Å². The van der Waals surface area contributed by atoms with Gasteiger partial charge in [-0.15, -0.1) is 0 Å². The van der Waals surface area contributed by atoms with Gasteiger partial charge in [-0.25, -0.2) is 0 Å². The highest BCUT2D eigenvalue weighted by Gasteiger charge is 2.39. The molecule has 0 saturated heterocycles. The Morgan fingerprint density at radius 2 is 2.15 bits per heavy atom. The Morgan fingerprint density at radius 1 is 1.45 bits per heavy atom. The highest BCUT2D eigenvalue weighted by molar-refractivity contribution is 5.76. The third-order valence-corrected chi connectivity index (χ3v) is 3.88. The average molecular weight is 279 g/mol. The van der Waals surface area contributed by atoms with Gasteiger partial charge in [0.15, 0.2) is 0 Å². The maximum atomic E-state index is 11.5. The number of nitro groups is 1. The summed E-state index contributed by atoms with van der Waals surface area (Å²) in [5.74, 6) is -0.832. The van der Waals surface area contributed by atoms with Crippen molar-refractivity contribution >= 4 is 17.3 Å². The van der Waals surface area contributed by atoms with Crippen LogP contribution in [0, 0.1) is 15.5 Å². The molecule has 0 bridgehead atoms. The molecule has 7 heteroatoms. The number of aromatic nitrogens is 1. The third kappa shape index (κ3) is 2.87. The minimum absolute atomic E-state index is 0.135. The van der Waals surface area contributed by atoms with Crippen molar-refractivity contribution < 1.29 is 14.8 Å². The number of hydrogen-bond donors (Lipinski definition) is 2. The van der Waals surface area contributed by atoms with E-state index in [-0.39, 0.29) is 12.2 Å². The normalized spacial score (nSPS) is 17.4. The van der Waals surface area contributed by atoms with Crippen molar-refractivity contribution in [2.45, 2.75) is 32.1 Å². The first-order valence-electron chi connectivity index (χ1n) is 6.61. The van der Waals surface area contributed by atoms with Gasteiger partial charge < -0.3 is 10.4 Å². The van der Waals surface area contributed by atoms with Gasteiger partial charge in [0, 0.05) is 12.7 Å². The first-order chi connectivity index (χ1) is 9.55. The van der Waals surface area contributed by atoms with Gasteiger partial charge in [0.2, 0.25) is 0 Å². The Balaban J connectivity index is 2.14. The predicted molar refractivity (Wildman–Crippen MR) is 72.5 cm³/mol. The molecule has 1 fully saturated rings. The highest BCUT2D eigenvalue weighted by Crippen LogP contribution is 2.37. The van der Waals surface area contributed by atoms with Gasteiger partial charge in [0.05, 0.1) is 10.3 Å². The monoisotopic (exact) mass is 279 g/mol. The van der Waals surface area contributed by atoms with E-state index in [1.165, 1.54) is 12.3 Å². The van der Waals surface area contributed by atoms with Crippen LogP contribution in [0.3, 0.4) is 0 Å². The van der Waals surface area contributed by atoms with Crippen LogP contribution in [0.15, 0.2) is 18.5 Å². The second kappa shape index (κ2) is 5.85. The molecule has 1 aromatic rings. The van der Waals surface area contributed by atoms with Gasteiger partial charge in [0.25, 0.3) is 0 Å². The molecular formula is C13H17N3O4. The lowest BCUT2D eigenvalue weighted by atomic mass is 9.74. The predicted octanol–water partition coefficient (Wildman–Crippen LogP) is 2.44. The number of carbonyl (C=O) groups is 1. The van der Waals surface area contributed by atoms with Gasteiger partial charge in [-0.2, -0.15) is 0 Å². The number of rotatable bonds is 5. The standard InChI is InChI=1S/C13H17N3O4/c17-12(18)13(5-2-1-3-6-13)9-15-10-4-7-14-8-11(10)16(19)20/h4,7-8H,1-3,5-6,9H2,(H,14,15)(H,17,18). The smallest absolute Gasteiger partial charge is 0.311 e. The Kier molecular flexibility index (Phi) is 4.16. The van der Waals surface area contributed by atoms with Gasteiger partial charge >= 0.3 is 11.7 Å². The van der Waals surface area contributed by atoms with Crippen LogP contribution in [-0.4, -0.2) is 27.5 Å². The summed E-state index contributed by atoms with van der Waals surface area (Å²) in [7, 11) is 0. The van der Waals surface area contributed by atoms with Crippen LogP contribution in [0.5, 0.6) is 0 Å². The molecule has 2 rings (SSSR count). The van der Waals surface area contributed by atoms with E-state index in [2.05, 4.69) is 10.3 Å². The number of carboxylic acids is 1. The minimum atomic E-state index is -0.832. The molecule has 0 radical (unpaired) electrons. The summed E-state index contributed by atoms with van der Waals surface area (Å²) in [6, 6.07) is 1.50. The molecule has 1 aliphatic rings. The van der Waals surface area contributed by atoms with Crippen molar-refractivity contribution in [3.63, 3.8) is 0 Å². The van der Waals surface area contributed by atoms with Crippen LogP contribution in [0.25, 0.3) is 0 Å². The van der Waals surface area contributed by atoms with E-state index in [9.17, 15) is 20.0 Å². The Hall–Kier alpha value is -2.18. The van der Waals surface area contributed by atoms with Gasteiger partial charge in [-0.1, -0.05) is 19.3 Å². The molecule has 7 nitrogen and oxygen atoms in total. The van der Waals surface area contributed by atoms with E-state index in [1.807, 2.05) is 0 Å². The maximum absolute atomic E-state index is 11.5. The molecular weight excluding hydrogens is 262 g/mol. The summed E-state index contributed by atoms with van der Waals surface area (Å²) in [4.78, 5) is 25.6. The van der Waals surface area contributed by atoms with E-state index in [0.29, 0.717) is 18.5 Å². The number of hydrogen-bond acceptors (Lipinski definition) is 5. The lowest BCUT2D eigenvalue weighted by molar-refractivity contribution is -0.384. The fourth-order valence-electron chi connectivity index (χ4n) is 2.64.